The minimum absolute atomic E-state index is 0.0321. The molecule has 0 radical (unpaired) electrons. The average molecular weight is 440 g/mol. The molecule has 0 saturated carbocycles. The van der Waals surface area contributed by atoms with Gasteiger partial charge in [0.15, 0.2) is 6.61 Å². The second-order valence-electron chi connectivity index (χ2n) is 6.58. The van der Waals surface area contributed by atoms with Crippen LogP contribution < -0.4 is 5.32 Å². The molecule has 0 aliphatic carbocycles. The third-order valence-electron chi connectivity index (χ3n) is 3.90. The molecule has 2 rings (SSSR count). The third kappa shape index (κ3) is 6.06. The summed E-state index contributed by atoms with van der Waals surface area (Å²) in [5.41, 5.74) is 1.24. The van der Waals surface area contributed by atoms with Gasteiger partial charge in [-0.3, -0.25) is 4.79 Å². The normalized spacial score (nSPS) is 10.9. The van der Waals surface area contributed by atoms with E-state index in [4.69, 9.17) is 9.47 Å². The van der Waals surface area contributed by atoms with Crippen LogP contribution >= 0.6 is 11.8 Å². The number of carbonyl (C=O) groups excluding carboxylic acids is 3. The number of ether oxygens (including phenoxy) is 2. The number of amides is 1. The van der Waals surface area contributed by atoms with Crippen molar-refractivity contribution in [2.45, 2.75) is 44.5 Å². The van der Waals surface area contributed by atoms with Crippen molar-refractivity contribution in [1.29, 1.82) is 0 Å². The van der Waals surface area contributed by atoms with Gasteiger partial charge in [0.25, 0.3) is 11.7 Å². The van der Waals surface area contributed by atoms with Crippen LogP contribution in [-0.2, 0) is 14.3 Å². The summed E-state index contributed by atoms with van der Waals surface area (Å²) in [5.74, 6) is -4.73. The number of aryl methyl sites for hydroxylation is 1. The van der Waals surface area contributed by atoms with Crippen LogP contribution in [0.2, 0.25) is 0 Å². The summed E-state index contributed by atoms with van der Waals surface area (Å²) in [5, 5.41) is 2.44. The SMILES string of the molecule is Cc1[nH]c(C(=O)OCC(=O)Nc2ccccc2SC(F)F)c(C)c1C(=O)OC(C)C. The third-order valence-corrected chi connectivity index (χ3v) is 4.69. The summed E-state index contributed by atoms with van der Waals surface area (Å²) in [6.07, 6.45) is -0.323. The van der Waals surface area contributed by atoms with Gasteiger partial charge in [-0.1, -0.05) is 23.9 Å². The van der Waals surface area contributed by atoms with Crippen molar-refractivity contribution < 1.29 is 32.6 Å². The van der Waals surface area contributed by atoms with E-state index >= 15 is 0 Å². The van der Waals surface area contributed by atoms with Gasteiger partial charge in [0, 0.05) is 10.6 Å². The first kappa shape index (κ1) is 23.4. The van der Waals surface area contributed by atoms with Gasteiger partial charge < -0.3 is 19.8 Å². The van der Waals surface area contributed by atoms with Crippen LogP contribution in [0.25, 0.3) is 0 Å². The Morgan fingerprint density at radius 3 is 2.43 bits per heavy atom. The molecule has 2 N–H and O–H groups in total. The second-order valence-corrected chi connectivity index (χ2v) is 7.61. The minimum Gasteiger partial charge on any atom is -0.459 e. The molecule has 1 amide bonds. The molecule has 1 aromatic carbocycles. The molecule has 0 bridgehead atoms. The van der Waals surface area contributed by atoms with Gasteiger partial charge in [-0.15, -0.1) is 0 Å². The van der Waals surface area contributed by atoms with Crippen LogP contribution in [0, 0.1) is 13.8 Å². The van der Waals surface area contributed by atoms with Gasteiger partial charge in [-0.25, -0.2) is 9.59 Å². The number of nitrogens with one attached hydrogen (secondary N) is 2. The highest BCUT2D eigenvalue weighted by Crippen LogP contribution is 2.31. The number of alkyl halides is 2. The van der Waals surface area contributed by atoms with E-state index < -0.39 is 30.2 Å². The van der Waals surface area contributed by atoms with Gasteiger partial charge in [0.1, 0.15) is 5.69 Å². The van der Waals surface area contributed by atoms with Crippen molar-refractivity contribution in [1.82, 2.24) is 4.98 Å². The Labute approximate surface area is 176 Å². The zero-order valence-electron chi connectivity index (χ0n) is 16.9. The first-order chi connectivity index (χ1) is 14.1. The minimum atomic E-state index is -2.64. The maximum Gasteiger partial charge on any atom is 0.355 e. The van der Waals surface area contributed by atoms with Gasteiger partial charge in [0.2, 0.25) is 0 Å². The van der Waals surface area contributed by atoms with Gasteiger partial charge in [-0.2, -0.15) is 8.78 Å². The standard InChI is InChI=1S/C20H22F2N2O5S/c1-10(2)29-18(26)16-11(3)17(23-12(16)4)19(27)28-9-15(25)24-13-7-5-6-8-14(13)30-20(21)22/h5-8,10,20,23H,9H2,1-4H3,(H,24,25). The Bertz CT molecular complexity index is 943. The molecule has 0 fully saturated rings. The molecule has 7 nitrogen and oxygen atoms in total. The monoisotopic (exact) mass is 440 g/mol. The lowest BCUT2D eigenvalue weighted by Crippen LogP contribution is -2.21. The first-order valence-electron chi connectivity index (χ1n) is 9.01. The first-order valence-corrected chi connectivity index (χ1v) is 9.89. The van der Waals surface area contributed by atoms with E-state index in [1.807, 2.05) is 0 Å². The van der Waals surface area contributed by atoms with Crippen molar-refractivity contribution in [3.8, 4) is 0 Å². The number of carbonyl (C=O) groups is 3. The zero-order valence-corrected chi connectivity index (χ0v) is 17.7. The summed E-state index contributed by atoms with van der Waals surface area (Å²) >= 11 is 0.297. The zero-order chi connectivity index (χ0) is 22.4. The molecule has 162 valence electrons. The molecular weight excluding hydrogens is 418 g/mol. The van der Waals surface area contributed by atoms with Crippen LogP contribution in [-0.4, -0.2) is 41.3 Å². The smallest absolute Gasteiger partial charge is 0.355 e. The number of benzene rings is 1. The largest absolute Gasteiger partial charge is 0.459 e. The Morgan fingerprint density at radius 2 is 1.80 bits per heavy atom. The van der Waals surface area contributed by atoms with Crippen LogP contribution in [0.4, 0.5) is 14.5 Å². The summed E-state index contributed by atoms with van der Waals surface area (Å²) in [4.78, 5) is 39.6. The molecular formula is C20H22F2N2O5S. The van der Waals surface area contributed by atoms with Crippen molar-refractivity contribution in [3.63, 3.8) is 0 Å². The lowest BCUT2D eigenvalue weighted by atomic mass is 10.1. The number of rotatable bonds is 8. The summed E-state index contributed by atoms with van der Waals surface area (Å²) in [7, 11) is 0. The Balaban J connectivity index is 2.03. The number of para-hydroxylation sites is 1. The van der Waals surface area contributed by atoms with Crippen LogP contribution in [0.3, 0.4) is 0 Å². The fourth-order valence-corrected chi connectivity index (χ4v) is 3.29. The Hall–Kier alpha value is -2.88. The molecule has 2 aromatic rings. The van der Waals surface area contributed by atoms with Crippen molar-refractivity contribution in [2.24, 2.45) is 0 Å². The number of hydrogen-bond donors (Lipinski definition) is 2. The van der Waals surface area contributed by atoms with E-state index in [0.717, 1.165) is 0 Å². The molecule has 0 aliphatic rings. The van der Waals surface area contributed by atoms with E-state index in [1.165, 1.54) is 12.1 Å². The molecule has 0 atom stereocenters. The Morgan fingerprint density at radius 1 is 1.13 bits per heavy atom. The fraction of sp³-hybridized carbons (Fsp3) is 0.350. The van der Waals surface area contributed by atoms with E-state index in [2.05, 4.69) is 10.3 Å². The van der Waals surface area contributed by atoms with Crippen molar-refractivity contribution >= 4 is 35.3 Å². The Kier molecular flexibility index (Phi) is 7.99. The predicted molar refractivity (Wildman–Crippen MR) is 108 cm³/mol. The van der Waals surface area contributed by atoms with Crippen LogP contribution in [0.15, 0.2) is 29.2 Å². The van der Waals surface area contributed by atoms with Crippen LogP contribution in [0.1, 0.15) is 46.0 Å². The molecule has 0 aliphatic heterocycles. The quantitative estimate of drug-likeness (QED) is 0.469. The summed E-state index contributed by atoms with van der Waals surface area (Å²) < 4.78 is 35.4. The number of aromatic amines is 1. The number of H-pyrrole nitrogens is 1. The van der Waals surface area contributed by atoms with E-state index in [0.29, 0.717) is 23.0 Å². The van der Waals surface area contributed by atoms with E-state index in [1.54, 1.807) is 39.8 Å². The lowest BCUT2D eigenvalue weighted by Gasteiger charge is -2.10. The van der Waals surface area contributed by atoms with Crippen molar-refractivity contribution in [3.05, 3.63) is 46.8 Å². The second kappa shape index (κ2) is 10.2. The highest BCUT2D eigenvalue weighted by molar-refractivity contribution is 7.99. The number of aromatic nitrogens is 1. The molecule has 10 heteroatoms. The average Bonchev–Trinajstić information content (AvgIpc) is 2.94. The van der Waals surface area contributed by atoms with Crippen molar-refractivity contribution in [2.75, 3.05) is 11.9 Å². The van der Waals surface area contributed by atoms with E-state index in [9.17, 15) is 23.2 Å². The number of anilines is 1. The predicted octanol–water partition coefficient (Wildman–Crippen LogP) is 4.31. The van der Waals surface area contributed by atoms with Crippen LogP contribution in [0.5, 0.6) is 0 Å². The molecule has 0 unspecified atom stereocenters. The maximum atomic E-state index is 12.6. The summed E-state index contributed by atoms with van der Waals surface area (Å²) in [6.45, 7) is 5.97. The number of halogens is 2. The van der Waals surface area contributed by atoms with Gasteiger partial charge in [-0.05, 0) is 45.4 Å². The number of hydrogen-bond acceptors (Lipinski definition) is 6. The van der Waals surface area contributed by atoms with E-state index in [-0.39, 0.29) is 27.9 Å². The molecule has 1 aromatic heterocycles. The topological polar surface area (TPSA) is 97.5 Å². The molecule has 1 heterocycles. The number of thioether (sulfide) groups is 1. The fourth-order valence-electron chi connectivity index (χ4n) is 2.69. The molecule has 0 spiro atoms. The van der Waals surface area contributed by atoms with Gasteiger partial charge in [0.05, 0.1) is 17.4 Å². The molecule has 30 heavy (non-hydrogen) atoms. The maximum absolute atomic E-state index is 12.6. The highest BCUT2D eigenvalue weighted by atomic mass is 32.2. The lowest BCUT2D eigenvalue weighted by molar-refractivity contribution is -0.119. The number of esters is 2. The van der Waals surface area contributed by atoms with Gasteiger partial charge >= 0.3 is 11.9 Å². The molecule has 0 saturated heterocycles. The highest BCUT2D eigenvalue weighted by Gasteiger charge is 2.25. The summed E-state index contributed by atoms with van der Waals surface area (Å²) in [6, 6.07) is 6.06.